The molecule has 1 amide bonds. The summed E-state index contributed by atoms with van der Waals surface area (Å²) in [6.07, 6.45) is 1.64. The molecule has 0 aliphatic carbocycles. The SMILES string of the molecule is O=C(NCc1cc2nc(-c3cccc(F)n3)ccc2cn1)c1ccc2c(c1)S(=O)(=O)CCOC2. The van der Waals surface area contributed by atoms with E-state index >= 15 is 0 Å². The molecule has 1 N–H and O–H groups in total. The number of hydrogen-bond acceptors (Lipinski definition) is 7. The predicted octanol–water partition coefficient (Wildman–Crippen LogP) is 3.06. The van der Waals surface area contributed by atoms with Crippen LogP contribution in [0.5, 0.6) is 0 Å². The van der Waals surface area contributed by atoms with Crippen molar-refractivity contribution in [3.05, 3.63) is 83.6 Å². The minimum absolute atomic E-state index is 0.117. The van der Waals surface area contributed by atoms with Gasteiger partial charge in [0, 0.05) is 17.1 Å². The molecule has 0 atom stereocenters. The molecule has 172 valence electrons. The summed E-state index contributed by atoms with van der Waals surface area (Å²) in [5.41, 5.74) is 2.90. The lowest BCUT2D eigenvalue weighted by Crippen LogP contribution is -2.23. The Kier molecular flexibility index (Phi) is 5.76. The second kappa shape index (κ2) is 8.88. The largest absolute Gasteiger partial charge is 0.376 e. The summed E-state index contributed by atoms with van der Waals surface area (Å²) in [5, 5.41) is 3.55. The Labute approximate surface area is 194 Å². The maximum atomic E-state index is 13.5. The number of sulfone groups is 1. The molecule has 0 saturated heterocycles. The van der Waals surface area contributed by atoms with Crippen molar-refractivity contribution >= 4 is 26.6 Å². The monoisotopic (exact) mass is 478 g/mol. The van der Waals surface area contributed by atoms with E-state index in [1.807, 2.05) is 6.07 Å². The maximum absolute atomic E-state index is 13.5. The summed E-state index contributed by atoms with van der Waals surface area (Å²) in [5.74, 6) is -1.13. The number of carbonyl (C=O) groups excluding carboxylic acids is 1. The Balaban J connectivity index is 1.36. The first-order valence-corrected chi connectivity index (χ1v) is 12.1. The third-order valence-corrected chi connectivity index (χ3v) is 7.21. The van der Waals surface area contributed by atoms with E-state index in [9.17, 15) is 17.6 Å². The van der Waals surface area contributed by atoms with E-state index in [0.717, 1.165) is 5.39 Å². The smallest absolute Gasteiger partial charge is 0.251 e. The summed E-state index contributed by atoms with van der Waals surface area (Å²) < 4.78 is 43.7. The van der Waals surface area contributed by atoms with E-state index in [1.54, 1.807) is 42.6 Å². The van der Waals surface area contributed by atoms with Gasteiger partial charge in [-0.3, -0.25) is 9.78 Å². The van der Waals surface area contributed by atoms with Crippen LogP contribution in [-0.4, -0.2) is 41.6 Å². The number of hydrogen-bond donors (Lipinski definition) is 1. The topological polar surface area (TPSA) is 111 Å². The molecule has 0 radical (unpaired) electrons. The van der Waals surface area contributed by atoms with Gasteiger partial charge in [-0.25, -0.2) is 18.4 Å². The number of nitrogens with one attached hydrogen (secondary N) is 1. The number of halogens is 1. The first kappa shape index (κ1) is 22.1. The number of nitrogens with zero attached hydrogens (tertiary/aromatic N) is 3. The average Bonchev–Trinajstić information content (AvgIpc) is 2.99. The Morgan fingerprint density at radius 2 is 1.91 bits per heavy atom. The Bertz CT molecular complexity index is 1520. The molecule has 0 fully saturated rings. The highest BCUT2D eigenvalue weighted by molar-refractivity contribution is 7.91. The van der Waals surface area contributed by atoms with Crippen LogP contribution in [0.1, 0.15) is 21.6 Å². The van der Waals surface area contributed by atoms with Gasteiger partial charge in [0.15, 0.2) is 9.84 Å². The molecule has 0 saturated carbocycles. The van der Waals surface area contributed by atoms with E-state index < -0.39 is 21.7 Å². The van der Waals surface area contributed by atoms with Crippen molar-refractivity contribution in [1.29, 1.82) is 0 Å². The number of carbonyl (C=O) groups is 1. The zero-order chi connectivity index (χ0) is 23.7. The second-order valence-electron chi connectivity index (χ2n) is 7.79. The summed E-state index contributed by atoms with van der Waals surface area (Å²) in [7, 11) is -3.51. The zero-order valence-electron chi connectivity index (χ0n) is 17.9. The van der Waals surface area contributed by atoms with Crippen LogP contribution in [0.15, 0.2) is 65.7 Å². The first-order valence-electron chi connectivity index (χ1n) is 10.5. The zero-order valence-corrected chi connectivity index (χ0v) is 18.7. The molecule has 0 unspecified atom stereocenters. The molecular formula is C24H19FN4O4S. The molecule has 5 rings (SSSR count). The molecule has 1 aliphatic heterocycles. The second-order valence-corrected chi connectivity index (χ2v) is 9.86. The third kappa shape index (κ3) is 4.50. The van der Waals surface area contributed by atoms with Gasteiger partial charge in [0.2, 0.25) is 5.95 Å². The quantitative estimate of drug-likeness (QED) is 0.449. The van der Waals surface area contributed by atoms with Gasteiger partial charge in [-0.15, -0.1) is 0 Å². The average molecular weight is 479 g/mol. The summed E-state index contributed by atoms with van der Waals surface area (Å²) in [6.45, 7) is 0.431. The number of fused-ring (bicyclic) bond motifs is 2. The van der Waals surface area contributed by atoms with Crippen LogP contribution >= 0.6 is 0 Å². The van der Waals surface area contributed by atoms with Crippen LogP contribution in [0.25, 0.3) is 22.3 Å². The van der Waals surface area contributed by atoms with Crippen molar-refractivity contribution in [3.63, 3.8) is 0 Å². The Hall–Kier alpha value is -3.76. The summed E-state index contributed by atoms with van der Waals surface area (Å²) in [6, 6.07) is 14.4. The van der Waals surface area contributed by atoms with E-state index in [2.05, 4.69) is 20.3 Å². The van der Waals surface area contributed by atoms with Gasteiger partial charge in [-0.1, -0.05) is 12.1 Å². The Morgan fingerprint density at radius 1 is 1.06 bits per heavy atom. The van der Waals surface area contributed by atoms with Crippen LogP contribution in [0.3, 0.4) is 0 Å². The number of amides is 1. The molecule has 4 heterocycles. The van der Waals surface area contributed by atoms with Crippen molar-refractivity contribution in [3.8, 4) is 11.4 Å². The number of ether oxygens (including phenoxy) is 1. The molecule has 10 heteroatoms. The maximum Gasteiger partial charge on any atom is 0.251 e. The fourth-order valence-corrected chi connectivity index (χ4v) is 5.08. The summed E-state index contributed by atoms with van der Waals surface area (Å²) >= 11 is 0. The predicted molar refractivity (Wildman–Crippen MR) is 122 cm³/mol. The lowest BCUT2D eigenvalue weighted by atomic mass is 10.1. The first-order chi connectivity index (χ1) is 16.4. The van der Waals surface area contributed by atoms with E-state index in [0.29, 0.717) is 28.2 Å². The molecule has 8 nitrogen and oxygen atoms in total. The third-order valence-electron chi connectivity index (χ3n) is 5.46. The van der Waals surface area contributed by atoms with Gasteiger partial charge in [0.25, 0.3) is 5.91 Å². The van der Waals surface area contributed by atoms with E-state index in [-0.39, 0.29) is 36.0 Å². The number of rotatable bonds is 4. The van der Waals surface area contributed by atoms with Crippen molar-refractivity contribution in [2.45, 2.75) is 18.0 Å². The highest BCUT2D eigenvalue weighted by Crippen LogP contribution is 2.23. The molecule has 34 heavy (non-hydrogen) atoms. The van der Waals surface area contributed by atoms with Gasteiger partial charge in [-0.2, -0.15) is 4.39 Å². The van der Waals surface area contributed by atoms with Gasteiger partial charge < -0.3 is 10.1 Å². The Morgan fingerprint density at radius 3 is 2.76 bits per heavy atom. The fraction of sp³-hybridized carbons (Fsp3) is 0.167. The van der Waals surface area contributed by atoms with Crippen molar-refractivity contribution in [2.75, 3.05) is 12.4 Å². The van der Waals surface area contributed by atoms with E-state index in [1.165, 1.54) is 12.1 Å². The number of pyridine rings is 3. The van der Waals surface area contributed by atoms with Gasteiger partial charge in [0.05, 0.1) is 53.0 Å². The van der Waals surface area contributed by atoms with Crippen LogP contribution in [0.2, 0.25) is 0 Å². The molecule has 0 spiro atoms. The van der Waals surface area contributed by atoms with Crippen molar-refractivity contribution in [1.82, 2.24) is 20.3 Å². The highest BCUT2D eigenvalue weighted by Gasteiger charge is 2.23. The molecule has 4 aromatic rings. The minimum Gasteiger partial charge on any atom is -0.376 e. The standard InChI is InChI=1S/C24H19FN4O4S/c25-23-3-1-2-19(29-23)20-7-6-16-12-26-18(11-21(16)28-20)13-27-24(30)15-4-5-17-14-33-8-9-34(31,32)22(17)10-15/h1-7,10-12H,8-9,13-14H2,(H,27,30). The van der Waals surface area contributed by atoms with Gasteiger partial charge >= 0.3 is 0 Å². The molecule has 3 aromatic heterocycles. The summed E-state index contributed by atoms with van der Waals surface area (Å²) in [4.78, 5) is 25.6. The molecule has 1 aromatic carbocycles. The van der Waals surface area contributed by atoms with E-state index in [4.69, 9.17) is 4.74 Å². The fourth-order valence-electron chi connectivity index (χ4n) is 3.69. The molecular weight excluding hydrogens is 459 g/mol. The van der Waals surface area contributed by atoms with Crippen molar-refractivity contribution < 1.29 is 22.3 Å². The van der Waals surface area contributed by atoms with Crippen LogP contribution < -0.4 is 5.32 Å². The minimum atomic E-state index is -3.51. The molecule has 1 aliphatic rings. The van der Waals surface area contributed by atoms with Crippen LogP contribution in [-0.2, 0) is 27.7 Å². The lowest BCUT2D eigenvalue weighted by molar-refractivity contribution is 0.0950. The number of benzene rings is 1. The number of aromatic nitrogens is 3. The van der Waals surface area contributed by atoms with Crippen molar-refractivity contribution in [2.24, 2.45) is 0 Å². The normalized spacial score (nSPS) is 14.9. The van der Waals surface area contributed by atoms with Crippen LogP contribution in [0, 0.1) is 5.95 Å². The molecule has 0 bridgehead atoms. The van der Waals surface area contributed by atoms with Crippen LogP contribution in [0.4, 0.5) is 4.39 Å². The highest BCUT2D eigenvalue weighted by atomic mass is 32.2. The van der Waals surface area contributed by atoms with Gasteiger partial charge in [0.1, 0.15) is 0 Å². The lowest BCUT2D eigenvalue weighted by Gasteiger charge is -2.10. The van der Waals surface area contributed by atoms with Gasteiger partial charge in [-0.05, 0) is 48.0 Å².